The van der Waals surface area contributed by atoms with E-state index in [1.807, 2.05) is 13.8 Å². The van der Waals surface area contributed by atoms with Crippen molar-refractivity contribution in [3.05, 3.63) is 0 Å². The summed E-state index contributed by atoms with van der Waals surface area (Å²) in [6, 6.07) is 0. The molecule has 4 heteroatoms. The summed E-state index contributed by atoms with van der Waals surface area (Å²) in [5.74, 6) is 0.427. The Balaban J connectivity index is 3.73. The number of nitrogens with zero attached hydrogens (tertiary/aromatic N) is 1. The molecule has 0 aliphatic heterocycles. The van der Waals surface area contributed by atoms with Crippen LogP contribution in [0.2, 0.25) is 0 Å². The monoisotopic (exact) mass is 194 g/mol. The van der Waals surface area contributed by atoms with Crippen molar-refractivity contribution in [3.8, 4) is 0 Å². The summed E-state index contributed by atoms with van der Waals surface area (Å²) in [7, 11) is 0. The van der Waals surface area contributed by atoms with E-state index in [2.05, 4.69) is 0 Å². The van der Waals surface area contributed by atoms with Crippen LogP contribution in [0.5, 0.6) is 0 Å². The highest BCUT2D eigenvalue weighted by Crippen LogP contribution is 2.03. The van der Waals surface area contributed by atoms with Gasteiger partial charge in [-0.15, -0.1) is 0 Å². The molecule has 0 atom stereocenters. The zero-order valence-electron chi connectivity index (χ0n) is 8.47. The van der Waals surface area contributed by atoms with Crippen LogP contribution >= 0.6 is 0 Å². The number of halogens is 2. The van der Waals surface area contributed by atoms with E-state index in [4.69, 9.17) is 5.73 Å². The lowest BCUT2D eigenvalue weighted by molar-refractivity contribution is 0.0821. The Kier molecular flexibility index (Phi) is 7.09. The molecule has 0 rings (SSSR count). The molecule has 0 aliphatic carbocycles. The Morgan fingerprint density at radius 1 is 1.23 bits per heavy atom. The Bertz CT molecular complexity index is 108. The van der Waals surface area contributed by atoms with Gasteiger partial charge in [0.15, 0.2) is 0 Å². The molecule has 0 aromatic heterocycles. The van der Waals surface area contributed by atoms with Crippen molar-refractivity contribution in [2.24, 2.45) is 11.7 Å². The summed E-state index contributed by atoms with van der Waals surface area (Å²) < 4.78 is 24.2. The zero-order chi connectivity index (χ0) is 10.3. The van der Waals surface area contributed by atoms with Crippen molar-refractivity contribution in [1.82, 2.24) is 4.90 Å². The van der Waals surface area contributed by atoms with E-state index in [-0.39, 0.29) is 6.54 Å². The molecule has 0 fully saturated rings. The average Bonchev–Trinajstić information content (AvgIpc) is 1.98. The second-order valence-corrected chi connectivity index (χ2v) is 3.69. The predicted octanol–water partition coefficient (Wildman–Crippen LogP) is 1.56. The summed E-state index contributed by atoms with van der Waals surface area (Å²) in [5.41, 5.74) is 5.32. The fraction of sp³-hybridized carbons (Fsp3) is 1.00. The van der Waals surface area contributed by atoms with Gasteiger partial charge in [0, 0.05) is 6.54 Å². The van der Waals surface area contributed by atoms with E-state index < -0.39 is 6.43 Å². The van der Waals surface area contributed by atoms with Gasteiger partial charge in [-0.05, 0) is 25.4 Å². The third-order valence-corrected chi connectivity index (χ3v) is 1.70. The molecule has 0 aliphatic rings. The van der Waals surface area contributed by atoms with Crippen molar-refractivity contribution in [2.75, 3.05) is 26.2 Å². The minimum absolute atomic E-state index is 0.127. The molecule has 80 valence electrons. The molecule has 0 aromatic rings. The third-order valence-electron chi connectivity index (χ3n) is 1.70. The standard InChI is InChI=1S/C9H20F2N2/c1-8(2)6-13(5-3-4-12)7-9(10)11/h8-9H,3-7,12H2,1-2H3. The van der Waals surface area contributed by atoms with Crippen molar-refractivity contribution in [3.63, 3.8) is 0 Å². The molecule has 0 spiro atoms. The fourth-order valence-electron chi connectivity index (χ4n) is 1.28. The van der Waals surface area contributed by atoms with Crippen LogP contribution in [0, 0.1) is 5.92 Å². The van der Waals surface area contributed by atoms with Gasteiger partial charge >= 0.3 is 0 Å². The van der Waals surface area contributed by atoms with Gasteiger partial charge in [0.2, 0.25) is 0 Å². The fourth-order valence-corrected chi connectivity index (χ4v) is 1.28. The lowest BCUT2D eigenvalue weighted by atomic mass is 10.2. The average molecular weight is 194 g/mol. The van der Waals surface area contributed by atoms with Crippen LogP contribution in [-0.4, -0.2) is 37.5 Å². The maximum atomic E-state index is 12.1. The van der Waals surface area contributed by atoms with Crippen molar-refractivity contribution in [2.45, 2.75) is 26.7 Å². The molecule has 2 nitrogen and oxygen atoms in total. The maximum absolute atomic E-state index is 12.1. The molecule has 0 bridgehead atoms. The van der Waals surface area contributed by atoms with E-state index in [1.165, 1.54) is 0 Å². The zero-order valence-corrected chi connectivity index (χ0v) is 8.47. The molecule has 0 unspecified atom stereocenters. The highest BCUT2D eigenvalue weighted by Gasteiger charge is 2.12. The van der Waals surface area contributed by atoms with Gasteiger partial charge in [0.1, 0.15) is 0 Å². The van der Waals surface area contributed by atoms with Gasteiger partial charge in [-0.3, -0.25) is 4.90 Å². The maximum Gasteiger partial charge on any atom is 0.251 e. The van der Waals surface area contributed by atoms with Crippen LogP contribution in [-0.2, 0) is 0 Å². The molecule has 0 saturated heterocycles. The third kappa shape index (κ3) is 8.12. The minimum Gasteiger partial charge on any atom is -0.330 e. The molecule has 0 amide bonds. The van der Waals surface area contributed by atoms with Crippen LogP contribution < -0.4 is 5.73 Å². The quantitative estimate of drug-likeness (QED) is 0.666. The van der Waals surface area contributed by atoms with Gasteiger partial charge in [-0.25, -0.2) is 8.78 Å². The van der Waals surface area contributed by atoms with Gasteiger partial charge in [0.05, 0.1) is 6.54 Å². The Morgan fingerprint density at radius 3 is 2.23 bits per heavy atom. The van der Waals surface area contributed by atoms with E-state index in [9.17, 15) is 8.78 Å². The molecule has 0 aromatic carbocycles. The van der Waals surface area contributed by atoms with Crippen molar-refractivity contribution >= 4 is 0 Å². The van der Waals surface area contributed by atoms with Gasteiger partial charge in [-0.2, -0.15) is 0 Å². The normalized spacial score (nSPS) is 12.0. The first-order chi connectivity index (χ1) is 6.06. The summed E-state index contributed by atoms with van der Waals surface area (Å²) in [6.07, 6.45) is -1.45. The smallest absolute Gasteiger partial charge is 0.251 e. The van der Waals surface area contributed by atoms with Crippen LogP contribution in [0.25, 0.3) is 0 Å². The van der Waals surface area contributed by atoms with Crippen LogP contribution in [0.4, 0.5) is 8.78 Å². The molecule has 0 saturated carbocycles. The van der Waals surface area contributed by atoms with E-state index in [0.717, 1.165) is 13.0 Å². The van der Waals surface area contributed by atoms with E-state index in [0.29, 0.717) is 19.0 Å². The van der Waals surface area contributed by atoms with Crippen LogP contribution in [0.1, 0.15) is 20.3 Å². The topological polar surface area (TPSA) is 29.3 Å². The summed E-state index contributed by atoms with van der Waals surface area (Å²) >= 11 is 0. The number of rotatable bonds is 7. The molecular formula is C9H20F2N2. The van der Waals surface area contributed by atoms with Crippen LogP contribution in [0.15, 0.2) is 0 Å². The Hall–Kier alpha value is -0.220. The number of hydrogen-bond donors (Lipinski definition) is 1. The Labute approximate surface area is 79.1 Å². The van der Waals surface area contributed by atoms with Crippen LogP contribution in [0.3, 0.4) is 0 Å². The largest absolute Gasteiger partial charge is 0.330 e. The van der Waals surface area contributed by atoms with Crippen molar-refractivity contribution < 1.29 is 8.78 Å². The summed E-state index contributed by atoms with van der Waals surface area (Å²) in [6.45, 7) is 5.90. The van der Waals surface area contributed by atoms with E-state index in [1.54, 1.807) is 4.90 Å². The van der Waals surface area contributed by atoms with Crippen molar-refractivity contribution in [1.29, 1.82) is 0 Å². The highest BCUT2D eigenvalue weighted by atomic mass is 19.3. The lowest BCUT2D eigenvalue weighted by Gasteiger charge is -2.23. The SMILES string of the molecule is CC(C)CN(CCCN)CC(F)F. The highest BCUT2D eigenvalue weighted by molar-refractivity contribution is 4.61. The molecule has 2 N–H and O–H groups in total. The number of alkyl halides is 2. The molecular weight excluding hydrogens is 174 g/mol. The lowest BCUT2D eigenvalue weighted by Crippen LogP contribution is -2.34. The number of hydrogen-bond acceptors (Lipinski definition) is 2. The first-order valence-corrected chi connectivity index (χ1v) is 4.76. The van der Waals surface area contributed by atoms with Gasteiger partial charge in [-0.1, -0.05) is 13.8 Å². The second kappa shape index (κ2) is 7.21. The van der Waals surface area contributed by atoms with Gasteiger partial charge in [0.25, 0.3) is 6.43 Å². The molecule has 0 radical (unpaired) electrons. The molecule has 0 heterocycles. The Morgan fingerprint density at radius 2 is 1.85 bits per heavy atom. The predicted molar refractivity (Wildman–Crippen MR) is 51.0 cm³/mol. The van der Waals surface area contributed by atoms with E-state index >= 15 is 0 Å². The molecule has 13 heavy (non-hydrogen) atoms. The second-order valence-electron chi connectivity index (χ2n) is 3.69. The van der Waals surface area contributed by atoms with Gasteiger partial charge < -0.3 is 5.73 Å². The first-order valence-electron chi connectivity index (χ1n) is 4.76. The first kappa shape index (κ1) is 12.8. The summed E-state index contributed by atoms with van der Waals surface area (Å²) in [5, 5.41) is 0. The minimum atomic E-state index is -2.24. The number of nitrogens with two attached hydrogens (primary N) is 1. The summed E-state index contributed by atoms with van der Waals surface area (Å²) in [4.78, 5) is 1.78.